The molecule has 0 saturated heterocycles. The fraction of sp³-hybridized carbons (Fsp3) is 0.400. The Bertz CT molecular complexity index is 462. The fourth-order valence-corrected chi connectivity index (χ4v) is 3.30. The van der Waals surface area contributed by atoms with Crippen molar-refractivity contribution >= 4 is 9.84 Å². The number of hydrogen-bond acceptors (Lipinski definition) is 3. The van der Waals surface area contributed by atoms with Gasteiger partial charge in [0.2, 0.25) is 0 Å². The number of aryl methyl sites for hydroxylation is 1. The number of sulfone groups is 1. The second-order valence-electron chi connectivity index (χ2n) is 3.61. The van der Waals surface area contributed by atoms with Crippen LogP contribution >= 0.6 is 0 Å². The average Bonchev–Trinajstić information content (AvgIpc) is 2.05. The van der Waals surface area contributed by atoms with Gasteiger partial charge in [0.25, 0.3) is 0 Å². The molecule has 0 radical (unpaired) electrons. The molecule has 14 heavy (non-hydrogen) atoms. The van der Waals surface area contributed by atoms with Gasteiger partial charge in [0.1, 0.15) is 16.7 Å². The molecule has 3 nitrogen and oxygen atoms in total. The summed E-state index contributed by atoms with van der Waals surface area (Å²) in [4.78, 5) is 0.329. The highest BCUT2D eigenvalue weighted by atomic mass is 32.2. The Morgan fingerprint density at radius 1 is 1.43 bits per heavy atom. The lowest BCUT2D eigenvalue weighted by Crippen LogP contribution is -2.29. The molecule has 1 heterocycles. The lowest BCUT2D eigenvalue weighted by molar-refractivity contribution is 0.228. The quantitative estimate of drug-likeness (QED) is 0.655. The van der Waals surface area contributed by atoms with Crippen molar-refractivity contribution in [2.75, 3.05) is 5.75 Å². The Kier molecular flexibility index (Phi) is 2.03. The zero-order valence-corrected chi connectivity index (χ0v) is 8.97. The maximum absolute atomic E-state index is 11.8. The summed E-state index contributed by atoms with van der Waals surface area (Å²) in [6, 6.07) is 5.20. The lowest BCUT2D eigenvalue weighted by Gasteiger charge is -2.24. The number of hydrogen-bond donors (Lipinski definition) is 0. The van der Waals surface area contributed by atoms with Gasteiger partial charge in [0.15, 0.2) is 9.84 Å². The molecule has 76 valence electrons. The molecule has 1 atom stereocenters. The molecule has 0 amide bonds. The van der Waals surface area contributed by atoms with Gasteiger partial charge >= 0.3 is 0 Å². The second kappa shape index (κ2) is 2.98. The zero-order valence-electron chi connectivity index (χ0n) is 8.15. The van der Waals surface area contributed by atoms with Crippen LogP contribution < -0.4 is 4.74 Å². The number of benzene rings is 1. The van der Waals surface area contributed by atoms with Gasteiger partial charge in [-0.05, 0) is 25.5 Å². The smallest absolute Gasteiger partial charge is 0.185 e. The SMILES string of the molecule is Cc1cccc2c1OC(C)CS2(=O)=O. The molecule has 0 aromatic heterocycles. The van der Waals surface area contributed by atoms with E-state index in [-0.39, 0.29) is 11.9 Å². The molecule has 1 aromatic rings. The molecule has 1 aliphatic rings. The Balaban J connectivity index is 2.69. The van der Waals surface area contributed by atoms with E-state index in [0.29, 0.717) is 10.6 Å². The molecule has 1 unspecified atom stereocenters. The van der Waals surface area contributed by atoms with Crippen LogP contribution in [0.2, 0.25) is 0 Å². The van der Waals surface area contributed by atoms with Crippen molar-refractivity contribution in [2.24, 2.45) is 0 Å². The first-order chi connectivity index (χ1) is 6.50. The van der Waals surface area contributed by atoms with Crippen LogP contribution in [0.15, 0.2) is 23.1 Å². The van der Waals surface area contributed by atoms with E-state index in [0.717, 1.165) is 5.56 Å². The third-order valence-corrected chi connectivity index (χ3v) is 4.18. The molecule has 0 bridgehead atoms. The van der Waals surface area contributed by atoms with Gasteiger partial charge in [-0.2, -0.15) is 0 Å². The van der Waals surface area contributed by atoms with Gasteiger partial charge in [-0.1, -0.05) is 12.1 Å². The number of para-hydroxylation sites is 1. The Hall–Kier alpha value is -1.03. The van der Waals surface area contributed by atoms with Crippen LogP contribution in [0.3, 0.4) is 0 Å². The van der Waals surface area contributed by atoms with Crippen LogP contribution in [0.4, 0.5) is 0 Å². The topological polar surface area (TPSA) is 43.4 Å². The molecule has 0 saturated carbocycles. The van der Waals surface area contributed by atoms with E-state index in [1.54, 1.807) is 19.1 Å². The number of ether oxygens (including phenoxy) is 1. The number of rotatable bonds is 0. The molecule has 0 N–H and O–H groups in total. The maximum atomic E-state index is 11.8. The first kappa shape index (κ1) is 9.52. The van der Waals surface area contributed by atoms with E-state index in [2.05, 4.69) is 0 Å². The Morgan fingerprint density at radius 3 is 2.86 bits per heavy atom. The van der Waals surface area contributed by atoms with E-state index in [1.807, 2.05) is 13.0 Å². The predicted octanol–water partition coefficient (Wildman–Crippen LogP) is 1.55. The van der Waals surface area contributed by atoms with Gasteiger partial charge in [0, 0.05) is 0 Å². The molecular weight excluding hydrogens is 200 g/mol. The third-order valence-electron chi connectivity index (χ3n) is 2.28. The molecule has 4 heteroatoms. The van der Waals surface area contributed by atoms with Crippen LogP contribution in [-0.4, -0.2) is 20.3 Å². The van der Waals surface area contributed by atoms with Crippen molar-refractivity contribution in [3.05, 3.63) is 23.8 Å². The van der Waals surface area contributed by atoms with E-state index in [1.165, 1.54) is 0 Å². The summed E-state index contributed by atoms with van der Waals surface area (Å²) in [5.41, 5.74) is 0.873. The minimum atomic E-state index is -3.14. The second-order valence-corrected chi connectivity index (χ2v) is 5.61. The van der Waals surface area contributed by atoms with Crippen LogP contribution in [0.25, 0.3) is 0 Å². The van der Waals surface area contributed by atoms with E-state index < -0.39 is 9.84 Å². The lowest BCUT2D eigenvalue weighted by atomic mass is 10.2. The Morgan fingerprint density at radius 2 is 2.14 bits per heavy atom. The van der Waals surface area contributed by atoms with Crippen molar-refractivity contribution in [1.82, 2.24) is 0 Å². The third kappa shape index (κ3) is 1.39. The highest BCUT2D eigenvalue weighted by Crippen LogP contribution is 2.33. The summed E-state index contributed by atoms with van der Waals surface area (Å²) >= 11 is 0. The monoisotopic (exact) mass is 212 g/mol. The standard InChI is InChI=1S/C10H12O3S/c1-7-4-3-5-9-10(7)13-8(2)6-14(9,11)12/h3-5,8H,6H2,1-2H3. The largest absolute Gasteiger partial charge is 0.488 e. The minimum Gasteiger partial charge on any atom is -0.488 e. The van der Waals surface area contributed by atoms with Gasteiger partial charge < -0.3 is 4.74 Å². The normalized spacial score (nSPS) is 23.7. The van der Waals surface area contributed by atoms with Crippen molar-refractivity contribution in [2.45, 2.75) is 24.8 Å². The van der Waals surface area contributed by atoms with Crippen LogP contribution in [0, 0.1) is 6.92 Å². The van der Waals surface area contributed by atoms with Crippen LogP contribution in [-0.2, 0) is 9.84 Å². The molecule has 0 spiro atoms. The number of fused-ring (bicyclic) bond motifs is 1. The highest BCUT2D eigenvalue weighted by Gasteiger charge is 2.29. The van der Waals surface area contributed by atoms with Crippen LogP contribution in [0.1, 0.15) is 12.5 Å². The van der Waals surface area contributed by atoms with Gasteiger partial charge in [-0.25, -0.2) is 8.42 Å². The molecule has 1 aliphatic heterocycles. The summed E-state index contributed by atoms with van der Waals surface area (Å²) < 4.78 is 29.0. The molecular formula is C10H12O3S. The average molecular weight is 212 g/mol. The van der Waals surface area contributed by atoms with Gasteiger partial charge in [-0.15, -0.1) is 0 Å². The van der Waals surface area contributed by atoms with E-state index in [9.17, 15) is 8.42 Å². The molecule has 0 fully saturated rings. The van der Waals surface area contributed by atoms with Gasteiger partial charge in [0.05, 0.1) is 5.75 Å². The molecule has 1 aromatic carbocycles. The van der Waals surface area contributed by atoms with Crippen molar-refractivity contribution in [1.29, 1.82) is 0 Å². The Labute approximate surface area is 83.6 Å². The summed E-state index contributed by atoms with van der Waals surface area (Å²) in [7, 11) is -3.14. The summed E-state index contributed by atoms with van der Waals surface area (Å²) in [6.07, 6.45) is -0.256. The van der Waals surface area contributed by atoms with Crippen molar-refractivity contribution < 1.29 is 13.2 Å². The fourth-order valence-electron chi connectivity index (χ4n) is 1.66. The van der Waals surface area contributed by atoms with E-state index >= 15 is 0 Å². The van der Waals surface area contributed by atoms with Crippen molar-refractivity contribution in [3.63, 3.8) is 0 Å². The minimum absolute atomic E-state index is 0.0729. The summed E-state index contributed by atoms with van der Waals surface area (Å²) in [6.45, 7) is 3.62. The first-order valence-corrected chi connectivity index (χ1v) is 6.15. The highest BCUT2D eigenvalue weighted by molar-refractivity contribution is 7.91. The zero-order chi connectivity index (χ0) is 10.3. The van der Waals surface area contributed by atoms with Gasteiger partial charge in [-0.3, -0.25) is 0 Å². The predicted molar refractivity (Wildman–Crippen MR) is 53.3 cm³/mol. The first-order valence-electron chi connectivity index (χ1n) is 4.50. The van der Waals surface area contributed by atoms with E-state index in [4.69, 9.17) is 4.74 Å². The summed E-state index contributed by atoms with van der Waals surface area (Å²) in [5, 5.41) is 0. The molecule has 2 rings (SSSR count). The molecule has 0 aliphatic carbocycles. The van der Waals surface area contributed by atoms with Crippen molar-refractivity contribution in [3.8, 4) is 5.75 Å². The maximum Gasteiger partial charge on any atom is 0.185 e. The summed E-state index contributed by atoms with van der Waals surface area (Å²) in [5.74, 6) is 0.593. The van der Waals surface area contributed by atoms with Crippen LogP contribution in [0.5, 0.6) is 5.75 Å².